The molecule has 0 aliphatic heterocycles. The first-order valence-corrected chi connectivity index (χ1v) is 7.63. The fourth-order valence-electron chi connectivity index (χ4n) is 2.33. The van der Waals surface area contributed by atoms with Crippen LogP contribution in [-0.2, 0) is 4.74 Å². The van der Waals surface area contributed by atoms with Crippen molar-refractivity contribution in [1.29, 1.82) is 0 Å². The largest absolute Gasteiger partial charge is 0.477 e. The summed E-state index contributed by atoms with van der Waals surface area (Å²) in [5, 5.41) is 13.4. The maximum Gasteiger partial charge on any atom is 0.346 e. The van der Waals surface area contributed by atoms with Crippen LogP contribution in [0, 0.1) is 6.92 Å². The zero-order chi connectivity index (χ0) is 15.4. The number of carboxylic acid groups (broad SMARTS) is 1. The lowest BCUT2D eigenvalue weighted by Crippen LogP contribution is -2.25. The van der Waals surface area contributed by atoms with Gasteiger partial charge in [-0.1, -0.05) is 13.3 Å². The van der Waals surface area contributed by atoms with E-state index in [2.05, 4.69) is 22.2 Å². The van der Waals surface area contributed by atoms with Crippen molar-refractivity contribution in [3.05, 3.63) is 16.8 Å². The molecule has 1 atom stereocenters. The molecule has 0 spiro atoms. The van der Waals surface area contributed by atoms with Crippen LogP contribution in [0.3, 0.4) is 0 Å². The Labute approximate surface area is 127 Å². The molecule has 0 radical (unpaired) electrons. The number of carboxylic acids is 1. The maximum absolute atomic E-state index is 11.3. The summed E-state index contributed by atoms with van der Waals surface area (Å²) in [5.41, 5.74) is 0.707. The number of fused-ring (bicyclic) bond motifs is 1. The number of aromatic nitrogens is 2. The number of anilines is 1. The van der Waals surface area contributed by atoms with Crippen LogP contribution in [0.1, 0.15) is 35.0 Å². The Morgan fingerprint density at radius 2 is 2.29 bits per heavy atom. The lowest BCUT2D eigenvalue weighted by atomic mass is 10.1. The van der Waals surface area contributed by atoms with Crippen LogP contribution < -0.4 is 5.32 Å². The third-order valence-electron chi connectivity index (χ3n) is 3.27. The van der Waals surface area contributed by atoms with Crippen LogP contribution in [0.25, 0.3) is 10.2 Å². The van der Waals surface area contributed by atoms with E-state index in [1.165, 1.54) is 17.7 Å². The number of carbonyl (C=O) groups is 1. The van der Waals surface area contributed by atoms with Crippen molar-refractivity contribution in [3.8, 4) is 0 Å². The van der Waals surface area contributed by atoms with E-state index in [-0.39, 0.29) is 6.04 Å². The number of ether oxygens (including phenoxy) is 1. The van der Waals surface area contributed by atoms with Crippen LogP contribution in [0.5, 0.6) is 0 Å². The molecular weight excluding hydrogens is 290 g/mol. The van der Waals surface area contributed by atoms with E-state index < -0.39 is 5.97 Å². The van der Waals surface area contributed by atoms with Gasteiger partial charge in [-0.2, -0.15) is 0 Å². The normalized spacial score (nSPS) is 12.5. The minimum Gasteiger partial charge on any atom is -0.477 e. The molecule has 0 bridgehead atoms. The smallest absolute Gasteiger partial charge is 0.346 e. The molecule has 0 aliphatic rings. The Hall–Kier alpha value is -1.73. The fraction of sp³-hybridized carbons (Fsp3) is 0.500. The third kappa shape index (κ3) is 3.30. The zero-order valence-electron chi connectivity index (χ0n) is 12.3. The molecule has 0 amide bonds. The number of thiophene rings is 1. The highest BCUT2D eigenvalue weighted by atomic mass is 32.1. The predicted molar refractivity (Wildman–Crippen MR) is 83.3 cm³/mol. The van der Waals surface area contributed by atoms with E-state index in [1.807, 2.05) is 0 Å². The van der Waals surface area contributed by atoms with Crippen molar-refractivity contribution in [3.63, 3.8) is 0 Å². The number of nitrogens with zero attached hydrogens (tertiary/aromatic N) is 2. The van der Waals surface area contributed by atoms with Crippen molar-refractivity contribution in [1.82, 2.24) is 9.97 Å². The first-order valence-electron chi connectivity index (χ1n) is 6.81. The topological polar surface area (TPSA) is 84.3 Å². The SMILES string of the molecule is CCCC(COC)Nc1ncnc2sc(C(=O)O)c(C)c12. The van der Waals surface area contributed by atoms with Gasteiger partial charge in [-0.05, 0) is 18.9 Å². The number of hydrogen-bond donors (Lipinski definition) is 2. The number of aromatic carboxylic acids is 1. The Bertz CT molecular complexity index is 636. The fourth-order valence-corrected chi connectivity index (χ4v) is 3.31. The van der Waals surface area contributed by atoms with Crippen LogP contribution in [0.4, 0.5) is 5.82 Å². The van der Waals surface area contributed by atoms with Gasteiger partial charge in [0.2, 0.25) is 0 Å². The standard InChI is InChI=1S/C14H19N3O3S/c1-4-5-9(6-20-3)17-12-10-8(2)11(14(18)19)21-13(10)16-7-15-12/h7,9H,4-6H2,1-3H3,(H,18,19)(H,15,16,17). The molecule has 0 aromatic carbocycles. The molecule has 21 heavy (non-hydrogen) atoms. The second kappa shape index (κ2) is 6.82. The highest BCUT2D eigenvalue weighted by Crippen LogP contribution is 2.33. The minimum absolute atomic E-state index is 0.144. The summed E-state index contributed by atoms with van der Waals surface area (Å²) in [6.07, 6.45) is 3.44. The summed E-state index contributed by atoms with van der Waals surface area (Å²) in [6, 6.07) is 0.144. The van der Waals surface area contributed by atoms with E-state index in [1.54, 1.807) is 14.0 Å². The molecule has 1 unspecified atom stereocenters. The van der Waals surface area contributed by atoms with Crippen molar-refractivity contribution in [2.75, 3.05) is 19.0 Å². The third-order valence-corrected chi connectivity index (χ3v) is 4.45. The Morgan fingerprint density at radius 3 is 2.90 bits per heavy atom. The van der Waals surface area contributed by atoms with Crippen LogP contribution in [-0.4, -0.2) is 40.8 Å². The molecule has 0 aliphatic carbocycles. The second-order valence-corrected chi connectivity index (χ2v) is 5.85. The molecule has 7 heteroatoms. The van der Waals surface area contributed by atoms with Gasteiger partial charge in [0.05, 0.1) is 18.0 Å². The lowest BCUT2D eigenvalue weighted by molar-refractivity contribution is 0.0701. The molecule has 2 rings (SSSR count). The van der Waals surface area contributed by atoms with E-state index in [0.29, 0.717) is 27.7 Å². The molecule has 2 aromatic heterocycles. The monoisotopic (exact) mass is 309 g/mol. The molecule has 0 saturated carbocycles. The first-order chi connectivity index (χ1) is 10.1. The van der Waals surface area contributed by atoms with Crippen LogP contribution in [0.2, 0.25) is 0 Å². The Morgan fingerprint density at radius 1 is 1.52 bits per heavy atom. The van der Waals surface area contributed by atoms with Gasteiger partial charge < -0.3 is 15.2 Å². The molecule has 114 valence electrons. The number of hydrogen-bond acceptors (Lipinski definition) is 6. The van der Waals surface area contributed by atoms with E-state index in [9.17, 15) is 9.90 Å². The zero-order valence-corrected chi connectivity index (χ0v) is 13.2. The van der Waals surface area contributed by atoms with Gasteiger partial charge in [0, 0.05) is 7.11 Å². The Kier molecular flexibility index (Phi) is 5.08. The first kappa shape index (κ1) is 15.7. The van der Waals surface area contributed by atoms with Gasteiger partial charge in [0.1, 0.15) is 21.9 Å². The molecule has 0 fully saturated rings. The summed E-state index contributed by atoms with van der Waals surface area (Å²) in [7, 11) is 1.66. The molecule has 2 heterocycles. The lowest BCUT2D eigenvalue weighted by Gasteiger charge is -2.18. The maximum atomic E-state index is 11.3. The number of rotatable bonds is 7. The quantitative estimate of drug-likeness (QED) is 0.818. The van der Waals surface area contributed by atoms with Crippen LogP contribution in [0.15, 0.2) is 6.33 Å². The molecular formula is C14H19N3O3S. The number of aryl methyl sites for hydroxylation is 1. The molecule has 0 saturated heterocycles. The molecule has 6 nitrogen and oxygen atoms in total. The van der Waals surface area contributed by atoms with Crippen LogP contribution >= 0.6 is 11.3 Å². The van der Waals surface area contributed by atoms with E-state index in [4.69, 9.17) is 4.74 Å². The van der Waals surface area contributed by atoms with Crippen molar-refractivity contribution in [2.45, 2.75) is 32.7 Å². The minimum atomic E-state index is -0.927. The van der Waals surface area contributed by atoms with Crippen molar-refractivity contribution >= 4 is 33.3 Å². The second-order valence-electron chi connectivity index (χ2n) is 4.85. The van der Waals surface area contributed by atoms with Gasteiger partial charge in [0.25, 0.3) is 0 Å². The summed E-state index contributed by atoms with van der Waals surface area (Å²) in [6.45, 7) is 4.48. The van der Waals surface area contributed by atoms with Gasteiger partial charge in [-0.3, -0.25) is 0 Å². The van der Waals surface area contributed by atoms with E-state index >= 15 is 0 Å². The Balaban J connectivity index is 2.41. The average Bonchev–Trinajstić information content (AvgIpc) is 2.78. The van der Waals surface area contributed by atoms with Crippen molar-refractivity contribution < 1.29 is 14.6 Å². The number of nitrogens with one attached hydrogen (secondary N) is 1. The van der Waals surface area contributed by atoms with Gasteiger partial charge >= 0.3 is 5.97 Å². The molecule has 2 N–H and O–H groups in total. The van der Waals surface area contributed by atoms with Gasteiger partial charge in [-0.25, -0.2) is 14.8 Å². The summed E-state index contributed by atoms with van der Waals surface area (Å²) in [4.78, 5) is 20.7. The van der Waals surface area contributed by atoms with E-state index in [0.717, 1.165) is 18.2 Å². The summed E-state index contributed by atoms with van der Waals surface area (Å²) < 4.78 is 5.22. The summed E-state index contributed by atoms with van der Waals surface area (Å²) in [5.74, 6) is -0.250. The predicted octanol–water partition coefficient (Wildman–Crippen LogP) is 2.92. The highest BCUT2D eigenvalue weighted by Gasteiger charge is 2.19. The van der Waals surface area contributed by atoms with Gasteiger partial charge in [-0.15, -0.1) is 11.3 Å². The molecule has 2 aromatic rings. The average molecular weight is 309 g/mol. The van der Waals surface area contributed by atoms with Crippen molar-refractivity contribution in [2.24, 2.45) is 0 Å². The number of methoxy groups -OCH3 is 1. The highest BCUT2D eigenvalue weighted by molar-refractivity contribution is 7.20. The summed E-state index contributed by atoms with van der Waals surface area (Å²) >= 11 is 1.18. The van der Waals surface area contributed by atoms with Gasteiger partial charge in [0.15, 0.2) is 0 Å².